The van der Waals surface area contributed by atoms with Gasteiger partial charge < -0.3 is 49.1 Å². The second-order valence-electron chi connectivity index (χ2n) is 12.4. The van der Waals surface area contributed by atoms with E-state index in [0.29, 0.717) is 6.42 Å². The number of carbonyl (C=O) groups excluding carboxylic acids is 2. The number of allylic oxidation sites excluding steroid dienone is 7. The van der Waals surface area contributed by atoms with Crippen LogP contribution in [0, 0.1) is 0 Å². The maximum absolute atomic E-state index is 12.5. The molecule has 2 fully saturated rings. The molecule has 2 aromatic rings. The van der Waals surface area contributed by atoms with Crippen LogP contribution in [0.2, 0.25) is 0 Å². The van der Waals surface area contributed by atoms with Gasteiger partial charge in [-0.25, -0.2) is 19.6 Å². The minimum absolute atomic E-state index is 0.00508. The van der Waals surface area contributed by atoms with Gasteiger partial charge in [-0.05, 0) is 39.2 Å². The van der Waals surface area contributed by atoms with Gasteiger partial charge in [-0.3, -0.25) is 9.36 Å². The predicted octanol–water partition coefficient (Wildman–Crippen LogP) is 1.82. The van der Waals surface area contributed by atoms with Gasteiger partial charge >= 0.3 is 11.9 Å². The SMILES string of the molecule is CCCCC/C=C/C=C/C(=O)OC(C)/C=C\C/C=C/C=C/C(=O)O[C@@H]1C(C)O[C@@H](OC2C(O)[C@@H](CO)O[C@H]2n2cnc3c(=O)[nH]cnc32)C(O)C1O. The molecule has 52 heavy (non-hydrogen) atoms. The number of carbonyl (C=O) groups is 2. The third kappa shape index (κ3) is 10.9. The van der Waals surface area contributed by atoms with Gasteiger partial charge in [0.2, 0.25) is 0 Å². The first kappa shape index (κ1) is 40.5. The van der Waals surface area contributed by atoms with Crippen molar-refractivity contribution in [2.75, 3.05) is 6.61 Å². The Balaban J connectivity index is 1.24. The zero-order valence-electron chi connectivity index (χ0n) is 29.3. The number of unbranched alkanes of at least 4 members (excludes halogenated alkanes) is 3. The van der Waals surface area contributed by atoms with E-state index in [1.165, 1.54) is 42.7 Å². The van der Waals surface area contributed by atoms with E-state index in [0.717, 1.165) is 25.3 Å². The fourth-order valence-corrected chi connectivity index (χ4v) is 5.62. The molecule has 2 aliphatic heterocycles. The predicted molar refractivity (Wildman–Crippen MR) is 186 cm³/mol. The van der Waals surface area contributed by atoms with Crippen molar-refractivity contribution in [2.45, 2.75) is 114 Å². The molecule has 2 aromatic heterocycles. The summed E-state index contributed by atoms with van der Waals surface area (Å²) in [4.78, 5) is 47.2. The largest absolute Gasteiger partial charge is 0.455 e. The molecule has 0 bridgehead atoms. The van der Waals surface area contributed by atoms with Crippen LogP contribution in [0.25, 0.3) is 11.2 Å². The number of imidazole rings is 1. The Morgan fingerprint density at radius 1 is 0.981 bits per heavy atom. The molecule has 10 atom stereocenters. The maximum Gasteiger partial charge on any atom is 0.331 e. The first-order chi connectivity index (χ1) is 25.0. The summed E-state index contributed by atoms with van der Waals surface area (Å²) in [5, 5.41) is 42.4. The van der Waals surface area contributed by atoms with Crippen molar-refractivity contribution >= 4 is 23.1 Å². The van der Waals surface area contributed by atoms with Gasteiger partial charge in [0.25, 0.3) is 5.56 Å². The summed E-state index contributed by atoms with van der Waals surface area (Å²) < 4.78 is 29.5. The molecule has 6 unspecified atom stereocenters. The number of H-pyrrole nitrogens is 1. The van der Waals surface area contributed by atoms with Crippen LogP contribution in [0.1, 0.15) is 59.1 Å². The summed E-state index contributed by atoms with van der Waals surface area (Å²) in [7, 11) is 0. The molecule has 2 saturated heterocycles. The van der Waals surface area contributed by atoms with Gasteiger partial charge in [-0.1, -0.05) is 62.3 Å². The Morgan fingerprint density at radius 2 is 1.73 bits per heavy atom. The molecular weight excluding hydrogens is 680 g/mol. The van der Waals surface area contributed by atoms with Crippen molar-refractivity contribution in [3.05, 3.63) is 83.8 Å². The van der Waals surface area contributed by atoms with E-state index in [1.807, 2.05) is 18.2 Å². The second-order valence-corrected chi connectivity index (χ2v) is 12.4. The van der Waals surface area contributed by atoms with Crippen LogP contribution in [0.3, 0.4) is 0 Å². The molecule has 0 spiro atoms. The second kappa shape index (κ2) is 20.1. The number of nitrogens with zero attached hydrogens (tertiary/aromatic N) is 3. The normalized spacial score (nSPS) is 29.0. The van der Waals surface area contributed by atoms with E-state index in [1.54, 1.807) is 31.2 Å². The number of aliphatic hydroxyl groups excluding tert-OH is 4. The third-order valence-electron chi connectivity index (χ3n) is 8.37. The molecule has 0 aromatic carbocycles. The van der Waals surface area contributed by atoms with Crippen molar-refractivity contribution in [1.82, 2.24) is 19.5 Å². The van der Waals surface area contributed by atoms with Crippen LogP contribution in [0.5, 0.6) is 0 Å². The maximum atomic E-state index is 12.5. The van der Waals surface area contributed by atoms with Gasteiger partial charge in [0, 0.05) is 12.2 Å². The summed E-state index contributed by atoms with van der Waals surface area (Å²) in [6.45, 7) is 4.83. The molecule has 4 rings (SSSR count). The molecular formula is C36H48N4O12. The van der Waals surface area contributed by atoms with E-state index in [4.69, 9.17) is 23.7 Å². The summed E-state index contributed by atoms with van der Waals surface area (Å²) >= 11 is 0. The van der Waals surface area contributed by atoms with Crippen LogP contribution in [-0.4, -0.2) is 114 Å². The van der Waals surface area contributed by atoms with E-state index in [-0.39, 0.29) is 11.2 Å². The zero-order valence-corrected chi connectivity index (χ0v) is 29.3. The number of ether oxygens (including phenoxy) is 5. The number of nitrogens with one attached hydrogen (secondary N) is 1. The average molecular weight is 729 g/mol. The lowest BCUT2D eigenvalue weighted by molar-refractivity contribution is -0.314. The number of aromatic nitrogens is 4. The molecule has 16 heteroatoms. The van der Waals surface area contributed by atoms with E-state index >= 15 is 0 Å². The fraction of sp³-hybridized carbons (Fsp3) is 0.528. The average Bonchev–Trinajstić information content (AvgIpc) is 3.69. The first-order valence-electron chi connectivity index (χ1n) is 17.3. The minimum atomic E-state index is -1.72. The molecule has 16 nitrogen and oxygen atoms in total. The number of aliphatic hydroxyl groups is 4. The number of rotatable bonds is 17. The van der Waals surface area contributed by atoms with Crippen molar-refractivity contribution in [1.29, 1.82) is 0 Å². The number of hydrogen-bond donors (Lipinski definition) is 5. The van der Waals surface area contributed by atoms with E-state index in [2.05, 4.69) is 21.9 Å². The molecule has 0 amide bonds. The highest BCUT2D eigenvalue weighted by Gasteiger charge is 2.51. The highest BCUT2D eigenvalue weighted by molar-refractivity contribution is 5.83. The van der Waals surface area contributed by atoms with Gasteiger partial charge in [-0.15, -0.1) is 0 Å². The van der Waals surface area contributed by atoms with Gasteiger partial charge in [0.1, 0.15) is 36.6 Å². The Hall–Kier alpha value is -4.29. The van der Waals surface area contributed by atoms with E-state index < -0.39 is 85.5 Å². The van der Waals surface area contributed by atoms with Crippen LogP contribution in [0.4, 0.5) is 0 Å². The van der Waals surface area contributed by atoms with Gasteiger partial charge in [0.05, 0.1) is 25.4 Å². The molecule has 0 aliphatic carbocycles. The lowest BCUT2D eigenvalue weighted by Crippen LogP contribution is -2.59. The van der Waals surface area contributed by atoms with Crippen LogP contribution in [-0.2, 0) is 33.3 Å². The highest BCUT2D eigenvalue weighted by atomic mass is 16.7. The Kier molecular flexibility index (Phi) is 15.6. The number of fused-ring (bicyclic) bond motifs is 1. The van der Waals surface area contributed by atoms with Gasteiger partial charge in [0.15, 0.2) is 29.8 Å². The molecule has 2 aliphatic rings. The number of aromatic amines is 1. The standard InChI is InChI=1S/C36H48N4O12/c1-4-5-6-7-8-11-14-17-25(42)48-22(2)16-13-10-9-12-15-18-26(43)51-31-23(3)49-36(30(46)29(31)45)52-32-28(44)24(19-41)50-35(32)40-21-39-27-33(40)37-20-38-34(27)47/h8-9,11-18,20-24,28-32,35-36,41,44-46H,4-7,10,19H2,1-3H3,(H,37,38,47)/b11-8+,12-9+,16-13-,17-14+,18-15+/t22?,23?,24-,28?,29?,30?,31-,32?,35-,36+/m1/s1. The highest BCUT2D eigenvalue weighted by Crippen LogP contribution is 2.36. The summed E-state index contributed by atoms with van der Waals surface area (Å²) in [6, 6.07) is 0. The first-order valence-corrected chi connectivity index (χ1v) is 17.3. The molecule has 5 N–H and O–H groups in total. The Bertz CT molecular complexity index is 1670. The molecule has 0 saturated carbocycles. The van der Waals surface area contributed by atoms with Crippen LogP contribution >= 0.6 is 0 Å². The quantitative estimate of drug-likeness (QED) is 0.0515. The lowest BCUT2D eigenvalue weighted by atomic mass is 9.99. The third-order valence-corrected chi connectivity index (χ3v) is 8.37. The number of esters is 2. The van der Waals surface area contributed by atoms with E-state index in [9.17, 15) is 34.8 Å². The summed E-state index contributed by atoms with van der Waals surface area (Å²) in [5.41, 5.74) is -0.377. The van der Waals surface area contributed by atoms with Crippen LogP contribution in [0.15, 0.2) is 78.2 Å². The van der Waals surface area contributed by atoms with Gasteiger partial charge in [-0.2, -0.15) is 0 Å². The molecule has 4 heterocycles. The van der Waals surface area contributed by atoms with Crippen molar-refractivity contribution in [3.8, 4) is 0 Å². The Labute approximate surface area is 300 Å². The number of hydrogen-bond acceptors (Lipinski definition) is 14. The smallest absolute Gasteiger partial charge is 0.331 e. The molecule has 0 radical (unpaired) electrons. The topological polar surface area (TPSA) is 225 Å². The van der Waals surface area contributed by atoms with Crippen LogP contribution < -0.4 is 5.56 Å². The monoisotopic (exact) mass is 728 g/mol. The summed E-state index contributed by atoms with van der Waals surface area (Å²) in [5.74, 6) is -1.23. The lowest BCUT2D eigenvalue weighted by Gasteiger charge is -2.41. The van der Waals surface area contributed by atoms with Crippen molar-refractivity contribution in [3.63, 3.8) is 0 Å². The Morgan fingerprint density at radius 3 is 2.48 bits per heavy atom. The van der Waals surface area contributed by atoms with Crippen molar-refractivity contribution in [2.24, 2.45) is 0 Å². The zero-order chi connectivity index (χ0) is 37.6. The van der Waals surface area contributed by atoms with Crippen molar-refractivity contribution < 1.29 is 53.7 Å². The fourth-order valence-electron chi connectivity index (χ4n) is 5.62. The summed E-state index contributed by atoms with van der Waals surface area (Å²) in [6.07, 6.45) is 11.4. The molecule has 284 valence electrons. The minimum Gasteiger partial charge on any atom is -0.455 e.